The van der Waals surface area contributed by atoms with Crippen LogP contribution in [0, 0.1) is 28.6 Å². The molecule has 0 amide bonds. The standard InChI is InChI=1S/C27H37F3O4/c1-5-7-8-9-21(33)34-24-15(3)12-16-17-13-18(28)22-23(29)19(31)10-11-25(22,4)27(17,30)20(32)14-26(16,24)6-2/h10-11,15-18,20,24,32H,5-9,12-14H2,1-4H3/t15-,16-,17-,18-,20-,24+,25-,26-,27-/m0/s1. The molecule has 0 heterocycles. The number of ether oxygens (including phenoxy) is 1. The summed E-state index contributed by atoms with van der Waals surface area (Å²) in [6.45, 7) is 7.37. The van der Waals surface area contributed by atoms with Crippen LogP contribution >= 0.6 is 0 Å². The first-order valence-electron chi connectivity index (χ1n) is 12.8. The minimum absolute atomic E-state index is 0.0433. The number of fused-ring (bicyclic) bond motifs is 5. The van der Waals surface area contributed by atoms with E-state index in [0.29, 0.717) is 19.3 Å². The third-order valence-corrected chi connectivity index (χ3v) is 9.58. The Labute approximate surface area is 200 Å². The van der Waals surface area contributed by atoms with Gasteiger partial charge in [-0.3, -0.25) is 9.59 Å². The number of unbranched alkanes of at least 4 members (excludes halogenated alkanes) is 2. The van der Waals surface area contributed by atoms with Gasteiger partial charge in [0.05, 0.1) is 6.10 Å². The van der Waals surface area contributed by atoms with Gasteiger partial charge < -0.3 is 9.84 Å². The lowest BCUT2D eigenvalue weighted by molar-refractivity contribution is -0.217. The van der Waals surface area contributed by atoms with E-state index >= 15 is 8.78 Å². The lowest BCUT2D eigenvalue weighted by Gasteiger charge is -2.62. The molecule has 3 saturated carbocycles. The Balaban J connectivity index is 1.72. The van der Waals surface area contributed by atoms with Crippen LogP contribution in [-0.2, 0) is 14.3 Å². The fourth-order valence-electron chi connectivity index (χ4n) is 7.95. The number of hydrogen-bond donors (Lipinski definition) is 1. The molecule has 1 N–H and O–H groups in total. The zero-order valence-electron chi connectivity index (χ0n) is 20.6. The highest BCUT2D eigenvalue weighted by molar-refractivity contribution is 6.04. The van der Waals surface area contributed by atoms with Gasteiger partial charge in [0.25, 0.3) is 0 Å². The molecule has 0 aromatic rings. The van der Waals surface area contributed by atoms with Crippen molar-refractivity contribution < 1.29 is 32.6 Å². The van der Waals surface area contributed by atoms with E-state index in [1.54, 1.807) is 0 Å². The van der Waals surface area contributed by atoms with Crippen molar-refractivity contribution >= 4 is 11.8 Å². The van der Waals surface area contributed by atoms with E-state index in [1.165, 1.54) is 13.0 Å². The van der Waals surface area contributed by atoms with Gasteiger partial charge in [0, 0.05) is 28.7 Å². The van der Waals surface area contributed by atoms with E-state index in [2.05, 4.69) is 6.92 Å². The maximum atomic E-state index is 17.2. The van der Waals surface area contributed by atoms with Crippen LogP contribution in [0.1, 0.15) is 79.1 Å². The summed E-state index contributed by atoms with van der Waals surface area (Å²) >= 11 is 0. The molecule has 0 aromatic heterocycles. The Morgan fingerprint density at radius 3 is 2.59 bits per heavy atom. The molecule has 190 valence electrons. The van der Waals surface area contributed by atoms with Crippen LogP contribution < -0.4 is 0 Å². The van der Waals surface area contributed by atoms with Crippen LogP contribution in [0.4, 0.5) is 13.2 Å². The van der Waals surface area contributed by atoms with Crippen molar-refractivity contribution in [1.29, 1.82) is 0 Å². The molecule has 4 aliphatic rings. The van der Waals surface area contributed by atoms with Gasteiger partial charge in [0.1, 0.15) is 12.3 Å². The Kier molecular flexibility index (Phi) is 6.58. The summed E-state index contributed by atoms with van der Waals surface area (Å²) in [7, 11) is 0. The molecule has 0 saturated heterocycles. The SMILES string of the molecule is CCCCCC(=O)O[C@@H]1[C@@H](C)C[C@H]2[C@@H]3C[C@H](F)C4=C(F)C(=O)C=C[C@]4(C)[C@@]3(F)[C@@H](O)C[C@]12CC. The monoisotopic (exact) mass is 482 g/mol. The molecule has 7 heteroatoms. The number of rotatable bonds is 6. The summed E-state index contributed by atoms with van der Waals surface area (Å²) in [6.07, 6.45) is 2.19. The predicted molar refractivity (Wildman–Crippen MR) is 122 cm³/mol. The maximum absolute atomic E-state index is 17.2. The van der Waals surface area contributed by atoms with E-state index < -0.39 is 58.0 Å². The third kappa shape index (κ3) is 3.35. The number of hydrogen-bond acceptors (Lipinski definition) is 4. The Morgan fingerprint density at radius 2 is 1.94 bits per heavy atom. The number of halogens is 3. The highest BCUT2D eigenvalue weighted by Crippen LogP contribution is 2.70. The largest absolute Gasteiger partial charge is 0.461 e. The highest BCUT2D eigenvalue weighted by atomic mass is 19.2. The molecular weight excluding hydrogens is 445 g/mol. The third-order valence-electron chi connectivity index (χ3n) is 9.58. The Hall–Kier alpha value is -1.63. The summed E-state index contributed by atoms with van der Waals surface area (Å²) in [5.41, 5.74) is -5.25. The van der Waals surface area contributed by atoms with Crippen molar-refractivity contribution in [2.24, 2.45) is 28.6 Å². The smallest absolute Gasteiger partial charge is 0.306 e. The summed E-state index contributed by atoms with van der Waals surface area (Å²) in [4.78, 5) is 24.6. The number of esters is 1. The number of alkyl halides is 2. The van der Waals surface area contributed by atoms with Gasteiger partial charge in [-0.1, -0.05) is 39.7 Å². The van der Waals surface area contributed by atoms with Crippen molar-refractivity contribution in [2.75, 3.05) is 0 Å². The lowest BCUT2D eigenvalue weighted by atomic mass is 9.44. The molecule has 9 atom stereocenters. The fraction of sp³-hybridized carbons (Fsp3) is 0.778. The van der Waals surface area contributed by atoms with Crippen molar-refractivity contribution in [1.82, 2.24) is 0 Å². The molecule has 4 rings (SSSR count). The number of aliphatic hydroxyl groups excluding tert-OH is 1. The number of carbonyl (C=O) groups excluding carboxylic acids is 2. The molecule has 0 radical (unpaired) electrons. The van der Waals surface area contributed by atoms with Crippen molar-refractivity contribution in [2.45, 2.75) is 103 Å². The number of aliphatic hydroxyl groups is 1. The lowest BCUT2D eigenvalue weighted by Crippen LogP contribution is -2.69. The minimum atomic E-state index is -2.33. The first-order chi connectivity index (χ1) is 16.0. The molecule has 0 unspecified atom stereocenters. The van der Waals surface area contributed by atoms with Crippen molar-refractivity contribution in [3.8, 4) is 0 Å². The van der Waals surface area contributed by atoms with Gasteiger partial charge in [0.15, 0.2) is 11.5 Å². The van der Waals surface area contributed by atoms with Crippen molar-refractivity contribution in [3.05, 3.63) is 23.6 Å². The molecular formula is C27H37F3O4. The first-order valence-corrected chi connectivity index (χ1v) is 12.8. The fourth-order valence-corrected chi connectivity index (χ4v) is 7.95. The second-order valence-electron chi connectivity index (χ2n) is 11.2. The molecule has 0 aliphatic heterocycles. The van der Waals surface area contributed by atoms with Crippen LogP contribution in [0.15, 0.2) is 23.6 Å². The average molecular weight is 483 g/mol. The van der Waals surface area contributed by atoms with E-state index in [1.807, 2.05) is 13.8 Å². The minimum Gasteiger partial charge on any atom is -0.461 e. The van der Waals surface area contributed by atoms with Crippen molar-refractivity contribution in [3.63, 3.8) is 0 Å². The van der Waals surface area contributed by atoms with E-state index in [0.717, 1.165) is 25.3 Å². The molecule has 4 nitrogen and oxygen atoms in total. The second kappa shape index (κ2) is 8.79. The normalized spacial score (nSPS) is 45.6. The van der Waals surface area contributed by atoms with Gasteiger partial charge >= 0.3 is 5.97 Å². The molecule has 4 aliphatic carbocycles. The zero-order valence-corrected chi connectivity index (χ0v) is 20.6. The Bertz CT molecular complexity index is 916. The molecule has 0 bridgehead atoms. The summed E-state index contributed by atoms with van der Waals surface area (Å²) in [5, 5.41) is 11.4. The van der Waals surface area contributed by atoms with Crippen LogP contribution in [-0.4, -0.2) is 40.9 Å². The first kappa shape index (κ1) is 25.5. The predicted octanol–water partition coefficient (Wildman–Crippen LogP) is 5.73. The maximum Gasteiger partial charge on any atom is 0.306 e. The molecule has 34 heavy (non-hydrogen) atoms. The summed E-state index contributed by atoms with van der Waals surface area (Å²) < 4.78 is 53.5. The van der Waals surface area contributed by atoms with E-state index in [4.69, 9.17) is 4.74 Å². The topological polar surface area (TPSA) is 63.6 Å². The second-order valence-corrected chi connectivity index (χ2v) is 11.2. The number of allylic oxidation sites excluding steroid dienone is 4. The highest BCUT2D eigenvalue weighted by Gasteiger charge is 2.74. The molecule has 0 aromatic carbocycles. The van der Waals surface area contributed by atoms with Gasteiger partial charge in [-0.25, -0.2) is 13.2 Å². The van der Waals surface area contributed by atoms with Crippen LogP contribution in [0.25, 0.3) is 0 Å². The van der Waals surface area contributed by atoms with Gasteiger partial charge in [0.2, 0.25) is 5.78 Å². The van der Waals surface area contributed by atoms with Gasteiger partial charge in [-0.2, -0.15) is 0 Å². The van der Waals surface area contributed by atoms with Gasteiger partial charge in [-0.05, 0) is 56.9 Å². The summed E-state index contributed by atoms with van der Waals surface area (Å²) in [6, 6.07) is 0. The molecule has 3 fully saturated rings. The summed E-state index contributed by atoms with van der Waals surface area (Å²) in [5.74, 6) is -3.79. The average Bonchev–Trinajstić information content (AvgIpc) is 3.05. The van der Waals surface area contributed by atoms with Crippen LogP contribution in [0.3, 0.4) is 0 Å². The van der Waals surface area contributed by atoms with Crippen LogP contribution in [0.2, 0.25) is 0 Å². The zero-order chi connectivity index (χ0) is 25.1. The quantitative estimate of drug-likeness (QED) is 0.388. The van der Waals surface area contributed by atoms with E-state index in [-0.39, 0.29) is 30.6 Å². The van der Waals surface area contributed by atoms with Gasteiger partial charge in [-0.15, -0.1) is 0 Å². The van der Waals surface area contributed by atoms with Crippen LogP contribution in [0.5, 0.6) is 0 Å². The number of carbonyl (C=O) groups is 2. The molecule has 0 spiro atoms. The van der Waals surface area contributed by atoms with E-state index in [9.17, 15) is 19.1 Å². The number of ketones is 1. The Morgan fingerprint density at radius 1 is 1.24 bits per heavy atom.